The molecule has 5 nitrogen and oxygen atoms in total. The van der Waals surface area contributed by atoms with E-state index in [1.165, 1.54) is 26.2 Å². The predicted octanol–water partition coefficient (Wildman–Crippen LogP) is 4.12. The van der Waals surface area contributed by atoms with E-state index in [9.17, 15) is 9.36 Å². The second-order valence-electron chi connectivity index (χ2n) is 3.45. The molecule has 110 valence electrons. The number of amides is 1. The number of carbonyl (C=O) groups excluding carboxylic acids is 1. The average molecular weight is 324 g/mol. The van der Waals surface area contributed by atoms with Crippen LogP contribution in [-0.2, 0) is 9.30 Å². The fourth-order valence-corrected chi connectivity index (χ4v) is 7.29. The third-order valence-electron chi connectivity index (χ3n) is 2.23. The Hall–Kier alpha value is -0.520. The second-order valence-corrected chi connectivity index (χ2v) is 8.51. The molecule has 0 fully saturated rings. The number of hydrogen-bond donors (Lipinski definition) is 0. The Bertz CT molecular complexity index is 366. The van der Waals surface area contributed by atoms with E-state index in [0.717, 1.165) is 12.7 Å². The molecule has 0 saturated carbocycles. The Kier molecular flexibility index (Phi) is 9.14. The van der Waals surface area contributed by atoms with E-state index in [0.29, 0.717) is 12.3 Å². The van der Waals surface area contributed by atoms with E-state index in [1.807, 2.05) is 13.8 Å². The Morgan fingerprint density at radius 2 is 2.05 bits per heavy atom. The van der Waals surface area contributed by atoms with Crippen LogP contribution in [0.15, 0.2) is 12.8 Å². The van der Waals surface area contributed by atoms with Gasteiger partial charge in [0.2, 0.25) is 0 Å². The van der Waals surface area contributed by atoms with Crippen molar-refractivity contribution in [2.75, 3.05) is 18.8 Å². The molecule has 0 rings (SSSR count). The van der Waals surface area contributed by atoms with Crippen LogP contribution in [0.4, 0.5) is 4.79 Å². The molecule has 0 saturated heterocycles. The minimum atomic E-state index is -3.14. The first-order chi connectivity index (χ1) is 9.01. The van der Waals surface area contributed by atoms with Crippen molar-refractivity contribution in [3.8, 4) is 0 Å². The molecular weight excluding hydrogens is 303 g/mol. The van der Waals surface area contributed by atoms with Gasteiger partial charge in [-0.2, -0.15) is 0 Å². The van der Waals surface area contributed by atoms with Crippen molar-refractivity contribution in [3.05, 3.63) is 12.8 Å². The van der Waals surface area contributed by atoms with Crippen molar-refractivity contribution >= 4 is 41.8 Å². The van der Waals surface area contributed by atoms with Gasteiger partial charge >= 0.3 is 12.7 Å². The van der Waals surface area contributed by atoms with Crippen LogP contribution in [0, 0.1) is 0 Å². The summed E-state index contributed by atoms with van der Waals surface area (Å²) in [5.41, 5.74) is 1.34. The maximum Gasteiger partial charge on any atom is 0.422 e. The van der Waals surface area contributed by atoms with Gasteiger partial charge in [-0.15, -0.1) is 0 Å². The standard InChI is InChI=1S/C11H21N2O3PS2/c1-5-9-19-17(15,12(6-2)10-18)13(7-3)11(14)16-8-4/h8,10H,4-7,9H2,1-3H3. The lowest BCUT2D eigenvalue weighted by Gasteiger charge is -2.35. The smallest absolute Gasteiger partial charge is 0.418 e. The van der Waals surface area contributed by atoms with E-state index in [1.54, 1.807) is 6.92 Å². The normalized spacial score (nSPS) is 13.2. The van der Waals surface area contributed by atoms with Crippen LogP contribution < -0.4 is 0 Å². The van der Waals surface area contributed by atoms with Gasteiger partial charge in [0, 0.05) is 18.8 Å². The van der Waals surface area contributed by atoms with Gasteiger partial charge < -0.3 is 4.74 Å². The van der Waals surface area contributed by atoms with Gasteiger partial charge in [-0.1, -0.05) is 37.1 Å². The first kappa shape index (κ1) is 18.5. The van der Waals surface area contributed by atoms with Gasteiger partial charge in [-0.05, 0) is 20.3 Å². The van der Waals surface area contributed by atoms with E-state index < -0.39 is 12.7 Å². The molecule has 0 aromatic heterocycles. The molecule has 0 bridgehead atoms. The van der Waals surface area contributed by atoms with E-state index in [2.05, 4.69) is 6.58 Å². The molecule has 0 spiro atoms. The molecule has 0 aromatic rings. The lowest BCUT2D eigenvalue weighted by Crippen LogP contribution is -2.33. The number of nitrogens with zero attached hydrogens (tertiary/aromatic N) is 2. The molecule has 0 aliphatic carbocycles. The summed E-state index contributed by atoms with van der Waals surface area (Å²) in [6.07, 6.45) is 1.23. The molecule has 0 aromatic carbocycles. The predicted molar refractivity (Wildman–Crippen MR) is 85.4 cm³/mol. The van der Waals surface area contributed by atoms with E-state index in [-0.39, 0.29) is 6.54 Å². The molecule has 1 unspecified atom stereocenters. The van der Waals surface area contributed by atoms with Crippen LogP contribution in [0.3, 0.4) is 0 Å². The quantitative estimate of drug-likeness (QED) is 0.361. The van der Waals surface area contributed by atoms with Crippen LogP contribution >= 0.6 is 30.2 Å². The minimum Gasteiger partial charge on any atom is -0.418 e. The summed E-state index contributed by atoms with van der Waals surface area (Å²) in [6.45, 7) is 6.53. The highest BCUT2D eigenvalue weighted by atomic mass is 32.7. The van der Waals surface area contributed by atoms with Gasteiger partial charge in [0.05, 0.1) is 11.8 Å². The summed E-state index contributed by atoms with van der Waals surface area (Å²) >= 11 is 6.15. The van der Waals surface area contributed by atoms with E-state index in [4.69, 9.17) is 17.0 Å². The Morgan fingerprint density at radius 1 is 1.42 bits per heavy atom. The van der Waals surface area contributed by atoms with Gasteiger partial charge in [0.1, 0.15) is 0 Å². The number of hydrogen-bond acceptors (Lipinski definition) is 5. The highest BCUT2D eigenvalue weighted by Gasteiger charge is 2.39. The first-order valence-electron chi connectivity index (χ1n) is 6.08. The van der Waals surface area contributed by atoms with Crippen molar-refractivity contribution in [3.63, 3.8) is 0 Å². The van der Waals surface area contributed by atoms with Crippen LogP contribution in [0.1, 0.15) is 27.2 Å². The van der Waals surface area contributed by atoms with Crippen molar-refractivity contribution < 1.29 is 14.1 Å². The zero-order chi connectivity index (χ0) is 14.9. The van der Waals surface area contributed by atoms with Crippen LogP contribution in [0.25, 0.3) is 0 Å². The maximum atomic E-state index is 13.2. The Labute approximate surface area is 124 Å². The van der Waals surface area contributed by atoms with Crippen molar-refractivity contribution in [1.29, 1.82) is 0 Å². The molecular formula is C11H21N2O3PS2. The van der Waals surface area contributed by atoms with Crippen LogP contribution in [0.2, 0.25) is 0 Å². The highest BCUT2D eigenvalue weighted by molar-refractivity contribution is 8.56. The average Bonchev–Trinajstić information content (AvgIpc) is 2.39. The molecule has 1 amide bonds. The van der Waals surface area contributed by atoms with Gasteiger partial charge in [-0.3, -0.25) is 9.24 Å². The second kappa shape index (κ2) is 9.39. The number of carbonyl (C=O) groups is 1. The van der Waals surface area contributed by atoms with Gasteiger partial charge in [0.25, 0.3) is 0 Å². The SMILES string of the molecule is C=COC(=O)N(CC)P(=O)(SCCC)N(C=S)CC. The molecule has 0 radical (unpaired) electrons. The highest BCUT2D eigenvalue weighted by Crippen LogP contribution is 2.63. The zero-order valence-electron chi connectivity index (χ0n) is 11.6. The third-order valence-corrected chi connectivity index (χ3v) is 8.45. The summed E-state index contributed by atoms with van der Waals surface area (Å²) < 4.78 is 20.7. The van der Waals surface area contributed by atoms with Gasteiger partial charge in [-0.25, -0.2) is 9.46 Å². The van der Waals surface area contributed by atoms with Crippen LogP contribution in [0.5, 0.6) is 0 Å². The number of thiocarbonyl (C=S) groups is 1. The van der Waals surface area contributed by atoms with E-state index >= 15 is 0 Å². The molecule has 0 heterocycles. The zero-order valence-corrected chi connectivity index (χ0v) is 14.1. The Morgan fingerprint density at radius 3 is 2.42 bits per heavy atom. The number of ether oxygens (including phenoxy) is 1. The van der Waals surface area contributed by atoms with Crippen molar-refractivity contribution in [2.24, 2.45) is 0 Å². The fourth-order valence-electron chi connectivity index (χ4n) is 1.35. The van der Waals surface area contributed by atoms with Gasteiger partial charge in [0.15, 0.2) is 0 Å². The summed E-state index contributed by atoms with van der Waals surface area (Å²) in [5.74, 6) is 0.675. The molecule has 0 aliphatic heterocycles. The summed E-state index contributed by atoms with van der Waals surface area (Å²) in [4.78, 5) is 11.9. The third kappa shape index (κ3) is 4.82. The topological polar surface area (TPSA) is 49.9 Å². The maximum absolute atomic E-state index is 13.2. The lowest BCUT2D eigenvalue weighted by molar-refractivity contribution is 0.164. The minimum absolute atomic E-state index is 0.278. The van der Waals surface area contributed by atoms with Crippen molar-refractivity contribution in [2.45, 2.75) is 27.2 Å². The Balaban J connectivity index is 5.39. The fraction of sp³-hybridized carbons (Fsp3) is 0.636. The molecule has 8 heteroatoms. The first-order valence-corrected chi connectivity index (χ1v) is 9.75. The van der Waals surface area contributed by atoms with Crippen molar-refractivity contribution in [1.82, 2.24) is 9.34 Å². The molecule has 1 atom stereocenters. The largest absolute Gasteiger partial charge is 0.422 e. The van der Waals surface area contributed by atoms with Crippen LogP contribution in [-0.4, -0.2) is 39.8 Å². The molecule has 19 heavy (non-hydrogen) atoms. The summed E-state index contributed by atoms with van der Waals surface area (Å²) in [5, 5.41) is 0. The molecule has 0 N–H and O–H groups in total. The monoisotopic (exact) mass is 324 g/mol. The summed E-state index contributed by atoms with van der Waals surface area (Å²) in [6, 6.07) is 0. The summed E-state index contributed by atoms with van der Waals surface area (Å²) in [7, 11) is 0. The number of rotatable bonds is 9. The molecule has 0 aliphatic rings. The lowest BCUT2D eigenvalue weighted by atomic mass is 10.6.